The monoisotopic (exact) mass is 357 g/mol. The number of para-hydroxylation sites is 1. The highest BCUT2D eigenvalue weighted by atomic mass is 16.2. The fourth-order valence-corrected chi connectivity index (χ4v) is 3.39. The van der Waals surface area contributed by atoms with Crippen LogP contribution in [0.3, 0.4) is 0 Å². The molecule has 1 unspecified atom stereocenters. The number of amides is 2. The lowest BCUT2D eigenvalue weighted by Gasteiger charge is -2.19. The molecule has 2 fully saturated rings. The first-order valence-electron chi connectivity index (χ1n) is 9.35. The third-order valence-corrected chi connectivity index (χ3v) is 4.71. The molecule has 1 aromatic rings. The first-order valence-corrected chi connectivity index (χ1v) is 9.35. The number of likely N-dealkylation sites (tertiary alicyclic amines) is 1. The molecule has 7 nitrogen and oxygen atoms in total. The molecule has 0 aliphatic carbocycles. The second kappa shape index (κ2) is 8.69. The molecule has 2 amide bonds. The Morgan fingerprint density at radius 2 is 1.96 bits per heavy atom. The Morgan fingerprint density at radius 1 is 1.23 bits per heavy atom. The molecule has 2 N–H and O–H groups in total. The third-order valence-electron chi connectivity index (χ3n) is 4.71. The zero-order valence-corrected chi connectivity index (χ0v) is 15.3. The number of guanidine groups is 1. The molecule has 2 heterocycles. The fraction of sp³-hybridized carbons (Fsp3) is 0.526. The lowest BCUT2D eigenvalue weighted by molar-refractivity contribution is -0.128. The first kappa shape index (κ1) is 18.2. The Labute approximate surface area is 154 Å². The van der Waals surface area contributed by atoms with E-state index in [4.69, 9.17) is 0 Å². The van der Waals surface area contributed by atoms with Crippen LogP contribution in [0.2, 0.25) is 0 Å². The van der Waals surface area contributed by atoms with Crippen LogP contribution in [-0.4, -0.2) is 61.4 Å². The van der Waals surface area contributed by atoms with Crippen LogP contribution in [0.4, 0.5) is 5.69 Å². The molecule has 0 saturated carbocycles. The van der Waals surface area contributed by atoms with Gasteiger partial charge < -0.3 is 20.4 Å². The Kier molecular flexibility index (Phi) is 6.09. The Bertz CT molecular complexity index is 655. The molecule has 0 radical (unpaired) electrons. The first-order chi connectivity index (χ1) is 12.7. The van der Waals surface area contributed by atoms with Gasteiger partial charge in [0.2, 0.25) is 11.8 Å². The highest BCUT2D eigenvalue weighted by Crippen LogP contribution is 2.20. The number of rotatable bonds is 5. The molecule has 1 aromatic carbocycles. The van der Waals surface area contributed by atoms with E-state index in [1.54, 1.807) is 4.90 Å². The number of nitrogens with one attached hydrogen (secondary N) is 2. The predicted molar refractivity (Wildman–Crippen MR) is 102 cm³/mol. The number of benzene rings is 1. The molecule has 0 spiro atoms. The van der Waals surface area contributed by atoms with Gasteiger partial charge in [0.05, 0.1) is 6.04 Å². The largest absolute Gasteiger partial charge is 0.357 e. The molecule has 2 aliphatic heterocycles. The van der Waals surface area contributed by atoms with Crippen LogP contribution >= 0.6 is 0 Å². The number of aliphatic imine (C=N–C) groups is 1. The molecule has 0 bridgehead atoms. The van der Waals surface area contributed by atoms with E-state index in [0.717, 1.165) is 31.6 Å². The summed E-state index contributed by atoms with van der Waals surface area (Å²) in [6.45, 7) is 5.08. The number of hydrogen-bond acceptors (Lipinski definition) is 3. The van der Waals surface area contributed by atoms with Gasteiger partial charge in [-0.1, -0.05) is 18.2 Å². The van der Waals surface area contributed by atoms with Crippen molar-refractivity contribution in [3.63, 3.8) is 0 Å². The number of anilines is 1. The highest BCUT2D eigenvalue weighted by Gasteiger charge is 2.31. The van der Waals surface area contributed by atoms with E-state index in [-0.39, 0.29) is 24.4 Å². The quantitative estimate of drug-likeness (QED) is 0.608. The van der Waals surface area contributed by atoms with Crippen LogP contribution in [0, 0.1) is 0 Å². The van der Waals surface area contributed by atoms with Gasteiger partial charge in [-0.2, -0.15) is 0 Å². The van der Waals surface area contributed by atoms with E-state index in [0.29, 0.717) is 25.5 Å². The molecule has 2 aliphatic rings. The zero-order valence-electron chi connectivity index (χ0n) is 15.3. The van der Waals surface area contributed by atoms with Crippen LogP contribution in [0.15, 0.2) is 35.3 Å². The van der Waals surface area contributed by atoms with Crippen molar-refractivity contribution >= 4 is 23.5 Å². The van der Waals surface area contributed by atoms with Crippen molar-refractivity contribution in [2.45, 2.75) is 32.2 Å². The van der Waals surface area contributed by atoms with Gasteiger partial charge in [0.1, 0.15) is 6.54 Å². The maximum absolute atomic E-state index is 12.3. The number of hydrogen-bond donors (Lipinski definition) is 2. The van der Waals surface area contributed by atoms with Crippen molar-refractivity contribution in [3.8, 4) is 0 Å². The van der Waals surface area contributed by atoms with Crippen LogP contribution in [0.5, 0.6) is 0 Å². The molecule has 7 heteroatoms. The van der Waals surface area contributed by atoms with Gasteiger partial charge in [-0.15, -0.1) is 0 Å². The predicted octanol–water partition coefficient (Wildman–Crippen LogP) is 0.969. The lowest BCUT2D eigenvalue weighted by Crippen LogP contribution is -2.45. The summed E-state index contributed by atoms with van der Waals surface area (Å²) in [7, 11) is 0. The number of carbonyl (C=O) groups is 2. The van der Waals surface area contributed by atoms with Gasteiger partial charge in [0.25, 0.3) is 0 Å². The van der Waals surface area contributed by atoms with Crippen LogP contribution in [-0.2, 0) is 9.59 Å². The summed E-state index contributed by atoms with van der Waals surface area (Å²) in [5.41, 5.74) is 0.910. The summed E-state index contributed by atoms with van der Waals surface area (Å²) in [5, 5.41) is 6.46. The Morgan fingerprint density at radius 3 is 2.65 bits per heavy atom. The molecule has 0 aromatic heterocycles. The molecule has 140 valence electrons. The minimum Gasteiger partial charge on any atom is -0.357 e. The number of carbonyl (C=O) groups excluding carboxylic acids is 2. The Balaban J connectivity index is 1.58. The molecule has 3 rings (SSSR count). The van der Waals surface area contributed by atoms with E-state index in [9.17, 15) is 9.59 Å². The van der Waals surface area contributed by atoms with Gasteiger partial charge in [0, 0.05) is 38.3 Å². The second-order valence-electron chi connectivity index (χ2n) is 6.67. The summed E-state index contributed by atoms with van der Waals surface area (Å²) >= 11 is 0. The minimum atomic E-state index is -0.0256. The molecular formula is C19H27N5O2. The zero-order chi connectivity index (χ0) is 18.4. The molecule has 26 heavy (non-hydrogen) atoms. The maximum Gasteiger partial charge on any atom is 0.244 e. The smallest absolute Gasteiger partial charge is 0.244 e. The van der Waals surface area contributed by atoms with Gasteiger partial charge in [-0.3, -0.25) is 9.59 Å². The summed E-state index contributed by atoms with van der Waals surface area (Å²) < 4.78 is 0. The van der Waals surface area contributed by atoms with Gasteiger partial charge in [-0.05, 0) is 31.9 Å². The van der Waals surface area contributed by atoms with Gasteiger partial charge >= 0.3 is 0 Å². The van der Waals surface area contributed by atoms with E-state index < -0.39 is 0 Å². The van der Waals surface area contributed by atoms with Crippen LogP contribution in [0.25, 0.3) is 0 Å². The molecular weight excluding hydrogens is 330 g/mol. The summed E-state index contributed by atoms with van der Waals surface area (Å²) in [6.07, 6.45) is 2.57. The second-order valence-corrected chi connectivity index (χ2v) is 6.67. The number of nitrogens with zero attached hydrogens (tertiary/aromatic N) is 3. The fourth-order valence-electron chi connectivity index (χ4n) is 3.39. The lowest BCUT2D eigenvalue weighted by atomic mass is 10.2. The Hall–Kier alpha value is -2.57. The van der Waals surface area contributed by atoms with Gasteiger partial charge in [-0.25, -0.2) is 4.99 Å². The van der Waals surface area contributed by atoms with Gasteiger partial charge in [0.15, 0.2) is 5.96 Å². The van der Waals surface area contributed by atoms with Crippen molar-refractivity contribution in [2.75, 3.05) is 37.6 Å². The topological polar surface area (TPSA) is 77.0 Å². The van der Waals surface area contributed by atoms with E-state index >= 15 is 0 Å². The summed E-state index contributed by atoms with van der Waals surface area (Å²) in [6, 6.07) is 9.65. The van der Waals surface area contributed by atoms with Crippen molar-refractivity contribution in [3.05, 3.63) is 30.3 Å². The highest BCUT2D eigenvalue weighted by molar-refractivity contribution is 5.97. The van der Waals surface area contributed by atoms with Crippen LogP contribution < -0.4 is 15.5 Å². The normalized spacial score (nSPS) is 20.6. The molecule has 1 atom stereocenters. The SMILES string of the molecule is CCNC(=NCC(=O)N1CCCC1)NC1CC(=O)N(c2ccccc2)C1. The van der Waals surface area contributed by atoms with Crippen molar-refractivity contribution in [1.29, 1.82) is 0 Å². The van der Waals surface area contributed by atoms with Crippen molar-refractivity contribution < 1.29 is 9.59 Å². The third kappa shape index (κ3) is 4.53. The average Bonchev–Trinajstić information content (AvgIpc) is 3.30. The van der Waals surface area contributed by atoms with E-state index in [2.05, 4.69) is 15.6 Å². The van der Waals surface area contributed by atoms with E-state index in [1.807, 2.05) is 42.2 Å². The average molecular weight is 357 g/mol. The van der Waals surface area contributed by atoms with Crippen molar-refractivity contribution in [2.24, 2.45) is 4.99 Å². The summed E-state index contributed by atoms with van der Waals surface area (Å²) in [5.74, 6) is 0.749. The summed E-state index contributed by atoms with van der Waals surface area (Å²) in [4.78, 5) is 32.6. The molecule has 2 saturated heterocycles. The maximum atomic E-state index is 12.3. The van der Waals surface area contributed by atoms with Crippen molar-refractivity contribution in [1.82, 2.24) is 15.5 Å². The minimum absolute atomic E-state index is 0.0256. The van der Waals surface area contributed by atoms with E-state index in [1.165, 1.54) is 0 Å². The van der Waals surface area contributed by atoms with Crippen LogP contribution in [0.1, 0.15) is 26.2 Å². The standard InChI is InChI=1S/C19H27N5O2/c1-2-20-19(21-13-18(26)23-10-6-7-11-23)22-15-12-17(25)24(14-15)16-8-4-3-5-9-16/h3-5,8-9,15H,2,6-7,10-14H2,1H3,(H2,20,21,22).